The van der Waals surface area contributed by atoms with Gasteiger partial charge in [-0.1, -0.05) is 12.1 Å². The zero-order valence-electron chi connectivity index (χ0n) is 15.4. The molecule has 2 fully saturated rings. The van der Waals surface area contributed by atoms with E-state index in [1.807, 2.05) is 24.3 Å². The van der Waals surface area contributed by atoms with Crippen molar-refractivity contribution in [3.05, 3.63) is 29.8 Å². The van der Waals surface area contributed by atoms with Crippen molar-refractivity contribution in [2.24, 2.45) is 5.92 Å². The number of ether oxygens (including phenoxy) is 3. The lowest BCUT2D eigenvalue weighted by Gasteiger charge is -2.37. The average molecular weight is 363 g/mol. The van der Waals surface area contributed by atoms with E-state index in [0.29, 0.717) is 25.0 Å². The van der Waals surface area contributed by atoms with Crippen LogP contribution in [0.3, 0.4) is 0 Å². The van der Waals surface area contributed by atoms with E-state index in [0.717, 1.165) is 57.3 Å². The van der Waals surface area contributed by atoms with Crippen LogP contribution in [0.15, 0.2) is 24.3 Å². The predicted octanol–water partition coefficient (Wildman–Crippen LogP) is 1.23. The molecule has 2 N–H and O–H groups in total. The fraction of sp³-hybridized carbons (Fsp3) is 0.632. The van der Waals surface area contributed by atoms with Crippen LogP contribution in [0.4, 0.5) is 4.79 Å². The molecule has 0 aliphatic carbocycles. The van der Waals surface area contributed by atoms with Crippen LogP contribution in [0.2, 0.25) is 0 Å². The summed E-state index contributed by atoms with van der Waals surface area (Å²) in [5.74, 6) is 1.28. The number of rotatable bonds is 7. The van der Waals surface area contributed by atoms with E-state index in [9.17, 15) is 4.79 Å². The number of hydrogen-bond acceptors (Lipinski definition) is 5. The van der Waals surface area contributed by atoms with E-state index < -0.39 is 0 Å². The summed E-state index contributed by atoms with van der Waals surface area (Å²) in [7, 11) is 1.64. The van der Waals surface area contributed by atoms with E-state index in [-0.39, 0.29) is 6.03 Å². The van der Waals surface area contributed by atoms with Gasteiger partial charge >= 0.3 is 6.03 Å². The molecule has 3 rings (SSSR count). The average Bonchev–Trinajstić information content (AvgIpc) is 3.22. The first kappa shape index (κ1) is 18.9. The van der Waals surface area contributed by atoms with Crippen LogP contribution < -0.4 is 15.4 Å². The Balaban J connectivity index is 1.46. The molecule has 1 aromatic rings. The number of nitrogens with one attached hydrogen (secondary N) is 2. The van der Waals surface area contributed by atoms with Gasteiger partial charge in [0.1, 0.15) is 5.75 Å². The molecular weight excluding hydrogens is 334 g/mol. The van der Waals surface area contributed by atoms with Crippen LogP contribution in [-0.4, -0.2) is 70.1 Å². The first-order valence-electron chi connectivity index (χ1n) is 9.30. The fourth-order valence-electron chi connectivity index (χ4n) is 3.54. The van der Waals surface area contributed by atoms with Crippen molar-refractivity contribution >= 4 is 6.03 Å². The molecule has 2 heterocycles. The van der Waals surface area contributed by atoms with Gasteiger partial charge in [-0.05, 0) is 24.1 Å². The highest BCUT2D eigenvalue weighted by atomic mass is 16.5. The maximum Gasteiger partial charge on any atom is 0.315 e. The molecule has 2 aliphatic heterocycles. The number of morpholine rings is 1. The molecule has 2 aliphatic rings. The molecule has 0 spiro atoms. The largest absolute Gasteiger partial charge is 0.497 e. The van der Waals surface area contributed by atoms with E-state index in [2.05, 4.69) is 15.5 Å². The molecule has 2 saturated heterocycles. The molecule has 0 unspecified atom stereocenters. The van der Waals surface area contributed by atoms with Crippen LogP contribution >= 0.6 is 0 Å². The second-order valence-electron chi connectivity index (χ2n) is 6.75. The third-order valence-electron chi connectivity index (χ3n) is 5.11. The summed E-state index contributed by atoms with van der Waals surface area (Å²) in [6, 6.07) is 7.84. The Kier molecular flexibility index (Phi) is 7.11. The number of urea groups is 1. The molecule has 0 bridgehead atoms. The van der Waals surface area contributed by atoms with Crippen LogP contribution in [-0.2, 0) is 16.0 Å². The number of nitrogens with zero attached hydrogens (tertiary/aromatic N) is 1. The van der Waals surface area contributed by atoms with Crippen molar-refractivity contribution in [3.8, 4) is 5.75 Å². The second kappa shape index (κ2) is 9.75. The molecule has 7 heteroatoms. The fourth-order valence-corrected chi connectivity index (χ4v) is 3.54. The topological polar surface area (TPSA) is 72.1 Å². The molecule has 26 heavy (non-hydrogen) atoms. The third-order valence-corrected chi connectivity index (χ3v) is 5.11. The third kappa shape index (κ3) is 5.33. The Morgan fingerprint density at radius 1 is 1.19 bits per heavy atom. The molecule has 2 amide bonds. The summed E-state index contributed by atoms with van der Waals surface area (Å²) < 4.78 is 16.2. The lowest BCUT2D eigenvalue weighted by atomic mass is 9.97. The number of amides is 2. The maximum absolute atomic E-state index is 12.2. The SMILES string of the molecule is COc1ccc(CNC(=O)NC[C@H]([C@@H]2CCOC2)N2CCOCC2)cc1. The highest BCUT2D eigenvalue weighted by Crippen LogP contribution is 2.21. The van der Waals surface area contributed by atoms with Gasteiger partial charge in [0, 0.05) is 44.7 Å². The standard InChI is InChI=1S/C19H29N3O4/c1-24-17-4-2-15(3-5-17)12-20-19(23)21-13-18(16-6-9-26-14-16)22-7-10-25-11-8-22/h2-5,16,18H,6-14H2,1H3,(H2,20,21,23)/t16-,18-/m1/s1. The quantitative estimate of drug-likeness (QED) is 0.762. The van der Waals surface area contributed by atoms with Crippen molar-refractivity contribution in [2.75, 3.05) is 53.2 Å². The molecule has 144 valence electrons. The number of benzene rings is 1. The number of carbonyl (C=O) groups excluding carboxylic acids is 1. The van der Waals surface area contributed by atoms with Crippen molar-refractivity contribution < 1.29 is 19.0 Å². The van der Waals surface area contributed by atoms with E-state index in [1.165, 1.54) is 0 Å². The van der Waals surface area contributed by atoms with Gasteiger partial charge in [0.15, 0.2) is 0 Å². The lowest BCUT2D eigenvalue weighted by molar-refractivity contribution is 0.00212. The van der Waals surface area contributed by atoms with Crippen LogP contribution in [0.5, 0.6) is 5.75 Å². The number of methoxy groups -OCH3 is 1. The Morgan fingerprint density at radius 3 is 2.62 bits per heavy atom. The summed E-state index contributed by atoms with van der Waals surface area (Å²) in [5, 5.41) is 5.96. The molecule has 0 radical (unpaired) electrons. The molecule has 2 atom stereocenters. The van der Waals surface area contributed by atoms with Crippen molar-refractivity contribution in [3.63, 3.8) is 0 Å². The Hall–Kier alpha value is -1.83. The van der Waals surface area contributed by atoms with Gasteiger partial charge in [-0.2, -0.15) is 0 Å². The van der Waals surface area contributed by atoms with Gasteiger partial charge in [0.25, 0.3) is 0 Å². The normalized spacial score (nSPS) is 22.0. The van der Waals surface area contributed by atoms with Crippen LogP contribution in [0.25, 0.3) is 0 Å². The highest BCUT2D eigenvalue weighted by Gasteiger charge is 2.31. The van der Waals surface area contributed by atoms with Gasteiger partial charge in [0.05, 0.1) is 26.9 Å². The Morgan fingerprint density at radius 2 is 1.96 bits per heavy atom. The molecule has 0 saturated carbocycles. The highest BCUT2D eigenvalue weighted by molar-refractivity contribution is 5.73. The summed E-state index contributed by atoms with van der Waals surface area (Å²) in [4.78, 5) is 14.6. The number of hydrogen-bond donors (Lipinski definition) is 2. The minimum absolute atomic E-state index is 0.141. The Labute approximate surface area is 155 Å². The monoisotopic (exact) mass is 363 g/mol. The van der Waals surface area contributed by atoms with Crippen LogP contribution in [0.1, 0.15) is 12.0 Å². The van der Waals surface area contributed by atoms with Gasteiger partial charge in [-0.15, -0.1) is 0 Å². The summed E-state index contributed by atoms with van der Waals surface area (Å²) >= 11 is 0. The summed E-state index contributed by atoms with van der Waals surface area (Å²) in [5.41, 5.74) is 1.04. The molecule has 7 nitrogen and oxygen atoms in total. The Bertz CT molecular complexity index is 554. The first-order chi connectivity index (χ1) is 12.8. The summed E-state index contributed by atoms with van der Waals surface area (Å²) in [6.07, 6.45) is 1.05. The van der Waals surface area contributed by atoms with Crippen molar-refractivity contribution in [2.45, 2.75) is 19.0 Å². The van der Waals surface area contributed by atoms with Gasteiger partial charge in [0.2, 0.25) is 0 Å². The van der Waals surface area contributed by atoms with Crippen molar-refractivity contribution in [1.82, 2.24) is 15.5 Å². The number of carbonyl (C=O) groups is 1. The molecular formula is C19H29N3O4. The zero-order valence-corrected chi connectivity index (χ0v) is 15.4. The summed E-state index contributed by atoms with van der Waals surface area (Å²) in [6.45, 7) is 6.05. The van der Waals surface area contributed by atoms with E-state index in [4.69, 9.17) is 14.2 Å². The zero-order chi connectivity index (χ0) is 18.2. The second-order valence-corrected chi connectivity index (χ2v) is 6.75. The van der Waals surface area contributed by atoms with Gasteiger partial charge in [-0.3, -0.25) is 4.90 Å². The maximum atomic E-state index is 12.2. The van der Waals surface area contributed by atoms with Crippen LogP contribution in [0, 0.1) is 5.92 Å². The first-order valence-corrected chi connectivity index (χ1v) is 9.30. The molecule has 1 aromatic carbocycles. The van der Waals surface area contributed by atoms with E-state index >= 15 is 0 Å². The van der Waals surface area contributed by atoms with E-state index in [1.54, 1.807) is 7.11 Å². The van der Waals surface area contributed by atoms with Crippen molar-refractivity contribution in [1.29, 1.82) is 0 Å². The van der Waals surface area contributed by atoms with Gasteiger partial charge in [-0.25, -0.2) is 4.79 Å². The lowest BCUT2D eigenvalue weighted by Crippen LogP contribution is -2.53. The smallest absolute Gasteiger partial charge is 0.315 e. The minimum atomic E-state index is -0.141. The minimum Gasteiger partial charge on any atom is -0.497 e. The van der Waals surface area contributed by atoms with Gasteiger partial charge < -0.3 is 24.8 Å². The predicted molar refractivity (Wildman–Crippen MR) is 98.3 cm³/mol. The molecule has 0 aromatic heterocycles.